The van der Waals surface area contributed by atoms with Crippen molar-refractivity contribution in [1.29, 1.82) is 0 Å². The summed E-state index contributed by atoms with van der Waals surface area (Å²) in [6.45, 7) is 3.77. The van der Waals surface area contributed by atoms with E-state index in [1.807, 2.05) is 0 Å². The predicted octanol–water partition coefficient (Wildman–Crippen LogP) is 3.92. The molecule has 1 aliphatic rings. The maximum absolute atomic E-state index is 13.0. The number of likely N-dealkylation sites (tertiary alicyclic amines) is 1. The molecule has 1 heterocycles. The number of nitrogens with zero attached hydrogens (tertiary/aromatic N) is 2. The Bertz CT molecular complexity index is 738. The van der Waals surface area contributed by atoms with Crippen LogP contribution in [-0.4, -0.2) is 37.0 Å². The summed E-state index contributed by atoms with van der Waals surface area (Å²) in [5.74, 6) is 0.585. The molecule has 1 saturated heterocycles. The molecular weight excluding hydrogens is 407 g/mol. The van der Waals surface area contributed by atoms with Gasteiger partial charge in [-0.3, -0.25) is 9.89 Å². The van der Waals surface area contributed by atoms with Gasteiger partial charge >= 0.3 is 0 Å². The van der Waals surface area contributed by atoms with Crippen LogP contribution in [0.2, 0.25) is 0 Å². The van der Waals surface area contributed by atoms with E-state index in [9.17, 15) is 4.39 Å². The van der Waals surface area contributed by atoms with Crippen molar-refractivity contribution < 1.29 is 4.39 Å². The summed E-state index contributed by atoms with van der Waals surface area (Å²) in [6, 6.07) is 15.5. The van der Waals surface area contributed by atoms with Gasteiger partial charge < -0.3 is 10.6 Å². The molecule has 4 nitrogen and oxygen atoms in total. The number of piperidine rings is 1. The third-order valence-electron chi connectivity index (χ3n) is 4.84. The average Bonchev–Trinajstić information content (AvgIpc) is 2.69. The summed E-state index contributed by atoms with van der Waals surface area (Å²) in [7, 11) is 1.78. The van der Waals surface area contributed by atoms with Gasteiger partial charge in [0, 0.05) is 43.7 Å². The van der Waals surface area contributed by atoms with E-state index in [2.05, 4.69) is 60.7 Å². The molecular formula is C21H26BrFN4. The lowest BCUT2D eigenvalue weighted by Crippen LogP contribution is -2.48. The fourth-order valence-electron chi connectivity index (χ4n) is 3.26. The van der Waals surface area contributed by atoms with E-state index in [1.165, 1.54) is 17.7 Å². The van der Waals surface area contributed by atoms with E-state index < -0.39 is 0 Å². The first-order valence-corrected chi connectivity index (χ1v) is 10.1. The van der Waals surface area contributed by atoms with Gasteiger partial charge in [-0.05, 0) is 48.2 Å². The van der Waals surface area contributed by atoms with Crippen molar-refractivity contribution in [2.24, 2.45) is 4.99 Å². The first-order valence-electron chi connectivity index (χ1n) is 9.31. The average molecular weight is 433 g/mol. The quantitative estimate of drug-likeness (QED) is 0.555. The van der Waals surface area contributed by atoms with Crippen molar-refractivity contribution in [3.05, 3.63) is 69.9 Å². The summed E-state index contributed by atoms with van der Waals surface area (Å²) in [4.78, 5) is 6.81. The zero-order valence-corrected chi connectivity index (χ0v) is 17.2. The molecule has 0 aliphatic carbocycles. The molecule has 0 aromatic heterocycles. The Labute approximate surface area is 169 Å². The third-order valence-corrected chi connectivity index (χ3v) is 5.37. The highest BCUT2D eigenvalue weighted by atomic mass is 79.9. The van der Waals surface area contributed by atoms with E-state index in [4.69, 9.17) is 0 Å². The summed E-state index contributed by atoms with van der Waals surface area (Å²) in [5, 5.41) is 6.82. The third kappa shape index (κ3) is 6.33. The second kappa shape index (κ2) is 9.85. The van der Waals surface area contributed by atoms with Crippen LogP contribution in [0.25, 0.3) is 0 Å². The molecule has 0 saturated carbocycles. The maximum Gasteiger partial charge on any atom is 0.191 e. The lowest BCUT2D eigenvalue weighted by atomic mass is 10.0. The second-order valence-electron chi connectivity index (χ2n) is 6.87. The van der Waals surface area contributed by atoms with Crippen molar-refractivity contribution in [2.75, 3.05) is 20.1 Å². The van der Waals surface area contributed by atoms with Crippen LogP contribution in [0.15, 0.2) is 58.0 Å². The van der Waals surface area contributed by atoms with Crippen molar-refractivity contribution >= 4 is 21.9 Å². The Morgan fingerprint density at radius 2 is 1.70 bits per heavy atom. The molecule has 6 heteroatoms. The van der Waals surface area contributed by atoms with E-state index >= 15 is 0 Å². The number of hydrogen-bond acceptors (Lipinski definition) is 2. The predicted molar refractivity (Wildman–Crippen MR) is 112 cm³/mol. The fraction of sp³-hybridized carbons (Fsp3) is 0.381. The highest BCUT2D eigenvalue weighted by Gasteiger charge is 2.20. The molecule has 3 rings (SSSR count). The Morgan fingerprint density at radius 3 is 2.33 bits per heavy atom. The molecule has 2 aromatic rings. The molecule has 0 unspecified atom stereocenters. The van der Waals surface area contributed by atoms with Gasteiger partial charge in [0.25, 0.3) is 0 Å². The molecule has 2 N–H and O–H groups in total. The molecule has 0 radical (unpaired) electrons. The van der Waals surface area contributed by atoms with Crippen molar-refractivity contribution in [3.8, 4) is 0 Å². The number of rotatable bonds is 5. The van der Waals surface area contributed by atoms with Gasteiger partial charge in [-0.25, -0.2) is 4.39 Å². The molecule has 1 fully saturated rings. The van der Waals surface area contributed by atoms with Crippen LogP contribution >= 0.6 is 15.9 Å². The zero-order valence-electron chi connectivity index (χ0n) is 15.6. The Hall–Kier alpha value is -1.92. The first-order chi connectivity index (χ1) is 13.1. The van der Waals surface area contributed by atoms with Crippen LogP contribution in [-0.2, 0) is 13.1 Å². The lowest BCUT2D eigenvalue weighted by Gasteiger charge is -2.33. The van der Waals surface area contributed by atoms with Gasteiger partial charge in [-0.15, -0.1) is 0 Å². The lowest BCUT2D eigenvalue weighted by molar-refractivity contribution is 0.198. The van der Waals surface area contributed by atoms with E-state index in [0.29, 0.717) is 12.6 Å². The minimum absolute atomic E-state index is 0.212. The zero-order chi connectivity index (χ0) is 19.1. The van der Waals surface area contributed by atoms with Gasteiger partial charge in [0.2, 0.25) is 0 Å². The van der Waals surface area contributed by atoms with E-state index in [-0.39, 0.29) is 5.82 Å². The Morgan fingerprint density at radius 1 is 1.07 bits per heavy atom. The SMILES string of the molecule is CN=C(NCc1ccc(F)cc1)NC1CCN(Cc2ccc(Br)cc2)CC1. The van der Waals surface area contributed by atoms with Gasteiger partial charge in [-0.2, -0.15) is 0 Å². The van der Waals surface area contributed by atoms with Crippen LogP contribution in [0.5, 0.6) is 0 Å². The van der Waals surface area contributed by atoms with Crippen LogP contribution < -0.4 is 10.6 Å². The normalized spacial score (nSPS) is 16.3. The van der Waals surface area contributed by atoms with Gasteiger partial charge in [0.15, 0.2) is 5.96 Å². The van der Waals surface area contributed by atoms with E-state index in [1.54, 1.807) is 19.2 Å². The van der Waals surface area contributed by atoms with Gasteiger partial charge in [0.05, 0.1) is 0 Å². The molecule has 0 bridgehead atoms. The monoisotopic (exact) mass is 432 g/mol. The van der Waals surface area contributed by atoms with E-state index in [0.717, 1.165) is 48.5 Å². The highest BCUT2D eigenvalue weighted by Crippen LogP contribution is 2.16. The fourth-order valence-corrected chi connectivity index (χ4v) is 3.52. The minimum atomic E-state index is -0.212. The molecule has 0 amide bonds. The molecule has 144 valence electrons. The van der Waals surface area contributed by atoms with Crippen molar-refractivity contribution in [1.82, 2.24) is 15.5 Å². The number of aliphatic imine (C=N–C) groups is 1. The Kier molecular flexibility index (Phi) is 7.24. The smallest absolute Gasteiger partial charge is 0.191 e. The Balaban J connectivity index is 1.41. The second-order valence-corrected chi connectivity index (χ2v) is 7.79. The molecule has 1 aliphatic heterocycles. The molecule has 27 heavy (non-hydrogen) atoms. The summed E-state index contributed by atoms with van der Waals surface area (Å²) in [5.41, 5.74) is 2.38. The topological polar surface area (TPSA) is 39.7 Å². The number of halogens is 2. The number of benzene rings is 2. The first kappa shape index (κ1) is 19.8. The maximum atomic E-state index is 13.0. The largest absolute Gasteiger partial charge is 0.354 e. The van der Waals surface area contributed by atoms with Gasteiger partial charge in [-0.1, -0.05) is 40.2 Å². The van der Waals surface area contributed by atoms with Crippen LogP contribution in [0.4, 0.5) is 4.39 Å². The van der Waals surface area contributed by atoms with Gasteiger partial charge in [0.1, 0.15) is 5.82 Å². The summed E-state index contributed by atoms with van der Waals surface area (Å²) in [6.07, 6.45) is 2.18. The van der Waals surface area contributed by atoms with Crippen molar-refractivity contribution in [2.45, 2.75) is 32.0 Å². The highest BCUT2D eigenvalue weighted by molar-refractivity contribution is 9.10. The summed E-state index contributed by atoms with van der Waals surface area (Å²) >= 11 is 3.48. The van der Waals surface area contributed by atoms with Crippen LogP contribution in [0.1, 0.15) is 24.0 Å². The number of hydrogen-bond donors (Lipinski definition) is 2. The van der Waals surface area contributed by atoms with Crippen molar-refractivity contribution in [3.63, 3.8) is 0 Å². The number of nitrogens with one attached hydrogen (secondary N) is 2. The summed E-state index contributed by atoms with van der Waals surface area (Å²) < 4.78 is 14.1. The molecule has 2 aromatic carbocycles. The number of guanidine groups is 1. The van der Waals surface area contributed by atoms with Crippen LogP contribution in [0.3, 0.4) is 0 Å². The molecule has 0 spiro atoms. The standard InChI is InChI=1S/C21H26BrFN4/c1-24-21(25-14-16-4-8-19(23)9-5-16)26-20-10-12-27(13-11-20)15-17-2-6-18(22)7-3-17/h2-9,20H,10-15H2,1H3,(H2,24,25,26). The molecule has 0 atom stereocenters. The minimum Gasteiger partial charge on any atom is -0.354 e. The van der Waals surface area contributed by atoms with Crippen LogP contribution in [0, 0.1) is 5.82 Å².